The maximum absolute atomic E-state index is 12.4. The van der Waals surface area contributed by atoms with Crippen molar-refractivity contribution in [3.8, 4) is 0 Å². The Hall–Kier alpha value is -4.67. The summed E-state index contributed by atoms with van der Waals surface area (Å²) in [5.74, 6) is -0.241. The van der Waals surface area contributed by atoms with Crippen LogP contribution in [-0.2, 0) is 0 Å². The van der Waals surface area contributed by atoms with Crippen LogP contribution in [0.2, 0.25) is 0 Å². The summed E-state index contributed by atoms with van der Waals surface area (Å²) in [6.45, 7) is 0. The van der Waals surface area contributed by atoms with Gasteiger partial charge in [0.1, 0.15) is 0 Å². The van der Waals surface area contributed by atoms with Gasteiger partial charge in [-0.25, -0.2) is 0 Å². The summed E-state index contributed by atoms with van der Waals surface area (Å²) in [4.78, 5) is 43.2. The zero-order valence-electron chi connectivity index (χ0n) is 15.1. The molecule has 3 aromatic carbocycles. The summed E-state index contributed by atoms with van der Waals surface area (Å²) in [6, 6.07) is 15.6. The molecule has 0 amide bonds. The SMILES string of the molecule is O=C(c1ccccc1)c1ccc(Nc2c([N+](=O)[O-])cc([N+](=O)[O-])cc2[N+](=O)[O-])cc1. The van der Waals surface area contributed by atoms with E-state index < -0.39 is 37.5 Å². The molecule has 3 rings (SSSR count). The van der Waals surface area contributed by atoms with Crippen molar-refractivity contribution in [1.29, 1.82) is 0 Å². The van der Waals surface area contributed by atoms with E-state index in [1.54, 1.807) is 30.3 Å². The van der Waals surface area contributed by atoms with Crippen molar-refractivity contribution >= 4 is 34.2 Å². The third-order valence-corrected chi connectivity index (χ3v) is 4.14. The molecule has 0 spiro atoms. The molecule has 0 saturated carbocycles. The van der Waals surface area contributed by atoms with Crippen molar-refractivity contribution < 1.29 is 19.6 Å². The lowest BCUT2D eigenvalue weighted by atomic mass is 10.0. The summed E-state index contributed by atoms with van der Waals surface area (Å²) in [6.07, 6.45) is 0. The quantitative estimate of drug-likeness (QED) is 0.342. The van der Waals surface area contributed by atoms with Gasteiger partial charge in [0.05, 0.1) is 26.9 Å². The highest BCUT2D eigenvalue weighted by atomic mass is 16.6. The molecule has 1 N–H and O–H groups in total. The zero-order valence-corrected chi connectivity index (χ0v) is 15.1. The number of benzene rings is 3. The second kappa shape index (κ2) is 8.14. The van der Waals surface area contributed by atoms with Gasteiger partial charge in [0.25, 0.3) is 5.69 Å². The summed E-state index contributed by atoms with van der Waals surface area (Å²) in [5, 5.41) is 36.2. The van der Waals surface area contributed by atoms with E-state index in [2.05, 4.69) is 5.32 Å². The van der Waals surface area contributed by atoms with E-state index >= 15 is 0 Å². The molecular weight excluding hydrogens is 396 g/mol. The van der Waals surface area contributed by atoms with Gasteiger partial charge in [0.15, 0.2) is 11.5 Å². The van der Waals surface area contributed by atoms with Crippen LogP contribution >= 0.6 is 0 Å². The Morgan fingerprint density at radius 2 is 1.20 bits per heavy atom. The number of rotatable bonds is 7. The van der Waals surface area contributed by atoms with Gasteiger partial charge in [-0.2, -0.15) is 0 Å². The fourth-order valence-corrected chi connectivity index (χ4v) is 2.72. The van der Waals surface area contributed by atoms with E-state index in [0.717, 1.165) is 0 Å². The average molecular weight is 408 g/mol. The first kappa shape index (κ1) is 20.1. The van der Waals surface area contributed by atoms with Crippen molar-refractivity contribution in [2.75, 3.05) is 5.32 Å². The molecule has 0 bridgehead atoms. The summed E-state index contributed by atoms with van der Waals surface area (Å²) in [7, 11) is 0. The Kier molecular flexibility index (Phi) is 5.45. The first-order valence-electron chi connectivity index (χ1n) is 8.36. The highest BCUT2D eigenvalue weighted by molar-refractivity contribution is 6.09. The topological polar surface area (TPSA) is 159 Å². The minimum atomic E-state index is -0.951. The first-order chi connectivity index (χ1) is 14.3. The minimum Gasteiger partial charge on any atom is -0.344 e. The standard InChI is InChI=1S/C19H12N4O7/c24-19(12-4-2-1-3-5-12)13-6-8-14(9-7-13)20-18-16(22(27)28)10-15(21(25)26)11-17(18)23(29)30/h1-11,20H. The number of carbonyl (C=O) groups is 1. The van der Waals surface area contributed by atoms with Crippen LogP contribution in [0.1, 0.15) is 15.9 Å². The molecule has 11 heteroatoms. The summed E-state index contributed by atoms with van der Waals surface area (Å²) >= 11 is 0. The van der Waals surface area contributed by atoms with E-state index in [4.69, 9.17) is 0 Å². The molecule has 0 unspecified atom stereocenters. The molecule has 0 heterocycles. The monoisotopic (exact) mass is 408 g/mol. The molecule has 150 valence electrons. The number of nitro groups is 3. The molecule has 0 radical (unpaired) electrons. The number of nitrogens with zero attached hydrogens (tertiary/aromatic N) is 3. The normalized spacial score (nSPS) is 10.3. The highest BCUT2D eigenvalue weighted by Crippen LogP contribution is 2.40. The second-order valence-electron chi connectivity index (χ2n) is 6.03. The van der Waals surface area contributed by atoms with Gasteiger partial charge in [-0.05, 0) is 24.3 Å². The van der Waals surface area contributed by atoms with Crippen molar-refractivity contribution in [2.24, 2.45) is 0 Å². The Labute approximate surface area is 168 Å². The number of ketones is 1. The lowest BCUT2D eigenvalue weighted by Gasteiger charge is -2.09. The third-order valence-electron chi connectivity index (χ3n) is 4.14. The fraction of sp³-hybridized carbons (Fsp3) is 0. The predicted octanol–water partition coefficient (Wildman–Crippen LogP) is 4.39. The number of hydrogen-bond donors (Lipinski definition) is 1. The maximum atomic E-state index is 12.4. The second-order valence-corrected chi connectivity index (χ2v) is 6.03. The molecule has 0 aromatic heterocycles. The zero-order chi connectivity index (χ0) is 21.8. The molecule has 30 heavy (non-hydrogen) atoms. The van der Waals surface area contributed by atoms with E-state index in [0.29, 0.717) is 23.3 Å². The van der Waals surface area contributed by atoms with Gasteiger partial charge in [-0.3, -0.25) is 35.1 Å². The third kappa shape index (κ3) is 4.09. The van der Waals surface area contributed by atoms with Crippen LogP contribution in [-0.4, -0.2) is 20.6 Å². The highest BCUT2D eigenvalue weighted by Gasteiger charge is 2.30. The molecule has 0 atom stereocenters. The molecule has 0 aliphatic rings. The van der Waals surface area contributed by atoms with Crippen LogP contribution in [0.4, 0.5) is 28.4 Å². The van der Waals surface area contributed by atoms with Gasteiger partial charge in [-0.15, -0.1) is 0 Å². The molecule has 0 aliphatic carbocycles. The molecular formula is C19H12N4O7. The lowest BCUT2D eigenvalue weighted by molar-refractivity contribution is -0.401. The molecule has 0 aliphatic heterocycles. The van der Waals surface area contributed by atoms with Crippen molar-refractivity contribution in [3.63, 3.8) is 0 Å². The van der Waals surface area contributed by atoms with Gasteiger partial charge in [0, 0.05) is 16.8 Å². The number of hydrogen-bond acceptors (Lipinski definition) is 8. The van der Waals surface area contributed by atoms with Crippen molar-refractivity contribution in [1.82, 2.24) is 0 Å². The Morgan fingerprint density at radius 1 is 0.700 bits per heavy atom. The van der Waals surface area contributed by atoms with E-state index in [1.165, 1.54) is 24.3 Å². The van der Waals surface area contributed by atoms with Crippen LogP contribution in [0.15, 0.2) is 66.7 Å². The molecule has 0 fully saturated rings. The Morgan fingerprint density at radius 3 is 1.67 bits per heavy atom. The van der Waals surface area contributed by atoms with Crippen LogP contribution < -0.4 is 5.32 Å². The van der Waals surface area contributed by atoms with E-state index in [9.17, 15) is 35.1 Å². The summed E-state index contributed by atoms with van der Waals surface area (Å²) < 4.78 is 0. The van der Waals surface area contributed by atoms with Gasteiger partial charge >= 0.3 is 11.4 Å². The fourth-order valence-electron chi connectivity index (χ4n) is 2.72. The predicted molar refractivity (Wildman–Crippen MR) is 106 cm³/mol. The number of non-ortho nitro benzene ring substituents is 1. The lowest BCUT2D eigenvalue weighted by Crippen LogP contribution is -2.04. The number of nitro benzene ring substituents is 3. The smallest absolute Gasteiger partial charge is 0.306 e. The van der Waals surface area contributed by atoms with Crippen LogP contribution in [0.5, 0.6) is 0 Å². The molecule has 11 nitrogen and oxygen atoms in total. The Bertz CT molecular complexity index is 1130. The minimum absolute atomic E-state index is 0.222. The average Bonchev–Trinajstić information content (AvgIpc) is 2.74. The number of anilines is 2. The first-order valence-corrected chi connectivity index (χ1v) is 8.36. The van der Waals surface area contributed by atoms with Crippen molar-refractivity contribution in [2.45, 2.75) is 0 Å². The largest absolute Gasteiger partial charge is 0.344 e. The van der Waals surface area contributed by atoms with E-state index in [-0.39, 0.29) is 11.5 Å². The number of carbonyl (C=O) groups excluding carboxylic acids is 1. The molecule has 0 saturated heterocycles. The van der Waals surface area contributed by atoms with E-state index in [1.807, 2.05) is 0 Å². The Balaban J connectivity index is 1.98. The van der Waals surface area contributed by atoms with Crippen LogP contribution in [0.25, 0.3) is 0 Å². The van der Waals surface area contributed by atoms with Crippen LogP contribution in [0.3, 0.4) is 0 Å². The van der Waals surface area contributed by atoms with Gasteiger partial charge in [0.2, 0.25) is 0 Å². The van der Waals surface area contributed by atoms with Crippen LogP contribution in [0, 0.1) is 30.3 Å². The van der Waals surface area contributed by atoms with Gasteiger partial charge in [-0.1, -0.05) is 30.3 Å². The maximum Gasteiger partial charge on any atom is 0.306 e. The van der Waals surface area contributed by atoms with Gasteiger partial charge < -0.3 is 5.32 Å². The summed E-state index contributed by atoms with van der Waals surface area (Å²) in [5.41, 5.74) is -1.87. The van der Waals surface area contributed by atoms with Crippen molar-refractivity contribution in [3.05, 3.63) is 108 Å². The molecule has 3 aromatic rings. The number of nitrogens with one attached hydrogen (secondary N) is 1.